The molecule has 6 nitrogen and oxygen atoms in total. The molecule has 1 fully saturated rings. The lowest BCUT2D eigenvalue weighted by molar-refractivity contribution is -0.383. The van der Waals surface area contributed by atoms with Crippen LogP contribution in [-0.2, 0) is 0 Å². The number of piperazine rings is 1. The summed E-state index contributed by atoms with van der Waals surface area (Å²) >= 11 is 0. The van der Waals surface area contributed by atoms with Gasteiger partial charge in [-0.15, -0.1) is 0 Å². The van der Waals surface area contributed by atoms with Crippen LogP contribution in [0.25, 0.3) is 10.9 Å². The van der Waals surface area contributed by atoms with Gasteiger partial charge in [0, 0.05) is 31.9 Å². The van der Waals surface area contributed by atoms with Crippen LogP contribution in [0.15, 0.2) is 24.4 Å². The van der Waals surface area contributed by atoms with Crippen molar-refractivity contribution in [2.24, 2.45) is 0 Å². The average molecular weight is 290 g/mol. The first-order chi connectivity index (χ1) is 10.1. The molecule has 1 aliphatic heterocycles. The van der Waals surface area contributed by atoms with Crippen LogP contribution in [0.1, 0.15) is 6.92 Å². The van der Waals surface area contributed by atoms with E-state index in [0.29, 0.717) is 29.7 Å². The zero-order chi connectivity index (χ0) is 15.0. The van der Waals surface area contributed by atoms with Crippen LogP contribution < -0.4 is 10.2 Å². The van der Waals surface area contributed by atoms with Gasteiger partial charge in [-0.25, -0.2) is 4.39 Å². The van der Waals surface area contributed by atoms with E-state index in [9.17, 15) is 14.5 Å². The van der Waals surface area contributed by atoms with Gasteiger partial charge in [0.25, 0.3) is 5.69 Å². The van der Waals surface area contributed by atoms with Crippen LogP contribution in [0.3, 0.4) is 0 Å². The molecule has 0 saturated carbocycles. The standard InChI is InChI=1S/C14H15FN4O2/c1-9-8-18(6-5-16-9)14-11(15)7-12(19(20)21)10-3-2-4-17-13(10)14/h2-4,7,9,16H,5-6,8H2,1H3/t9-/m1/s1. The van der Waals surface area contributed by atoms with Gasteiger partial charge in [0.1, 0.15) is 11.2 Å². The maximum Gasteiger partial charge on any atom is 0.281 e. The number of anilines is 1. The fraction of sp³-hybridized carbons (Fsp3) is 0.357. The summed E-state index contributed by atoms with van der Waals surface area (Å²) in [6, 6.07) is 4.45. The number of fused-ring (bicyclic) bond motifs is 1. The first kappa shape index (κ1) is 13.7. The minimum absolute atomic E-state index is 0.229. The molecule has 21 heavy (non-hydrogen) atoms. The van der Waals surface area contributed by atoms with Gasteiger partial charge < -0.3 is 10.2 Å². The molecule has 7 heteroatoms. The molecule has 0 radical (unpaired) electrons. The average Bonchev–Trinajstić information content (AvgIpc) is 2.46. The molecule has 0 unspecified atom stereocenters. The number of nitrogens with zero attached hydrogens (tertiary/aromatic N) is 3. The number of rotatable bonds is 2. The summed E-state index contributed by atoms with van der Waals surface area (Å²) in [5.74, 6) is -0.595. The van der Waals surface area contributed by atoms with Gasteiger partial charge >= 0.3 is 0 Å². The van der Waals surface area contributed by atoms with Crippen molar-refractivity contribution in [3.63, 3.8) is 0 Å². The second-order valence-electron chi connectivity index (χ2n) is 5.18. The molecule has 0 bridgehead atoms. The Balaban J connectivity index is 2.21. The Hall–Kier alpha value is -2.28. The first-order valence-corrected chi connectivity index (χ1v) is 6.78. The van der Waals surface area contributed by atoms with Crippen molar-refractivity contribution in [3.8, 4) is 0 Å². The zero-order valence-corrected chi connectivity index (χ0v) is 11.5. The SMILES string of the molecule is C[C@@H]1CN(c2c(F)cc([N+](=O)[O-])c3cccnc23)CCN1. The van der Waals surface area contributed by atoms with E-state index in [0.717, 1.165) is 12.6 Å². The molecule has 1 N–H and O–H groups in total. The number of benzene rings is 1. The van der Waals surface area contributed by atoms with E-state index in [1.54, 1.807) is 12.1 Å². The van der Waals surface area contributed by atoms with E-state index in [1.165, 1.54) is 6.20 Å². The van der Waals surface area contributed by atoms with Gasteiger partial charge in [0.15, 0.2) is 5.82 Å². The number of nitrogens with one attached hydrogen (secondary N) is 1. The van der Waals surface area contributed by atoms with Crippen LogP contribution in [0.5, 0.6) is 0 Å². The molecule has 0 amide bonds. The molecule has 0 aliphatic carbocycles. The monoisotopic (exact) mass is 290 g/mol. The Morgan fingerprint density at radius 2 is 2.38 bits per heavy atom. The van der Waals surface area contributed by atoms with E-state index < -0.39 is 10.7 Å². The van der Waals surface area contributed by atoms with Crippen LogP contribution in [0.2, 0.25) is 0 Å². The maximum absolute atomic E-state index is 14.4. The highest BCUT2D eigenvalue weighted by atomic mass is 19.1. The molecule has 110 valence electrons. The fourth-order valence-electron chi connectivity index (χ4n) is 2.77. The van der Waals surface area contributed by atoms with Crippen molar-refractivity contribution >= 4 is 22.3 Å². The zero-order valence-electron chi connectivity index (χ0n) is 11.5. The van der Waals surface area contributed by atoms with Crippen molar-refractivity contribution in [1.82, 2.24) is 10.3 Å². The third-order valence-electron chi connectivity index (χ3n) is 3.68. The summed E-state index contributed by atoms with van der Waals surface area (Å²) in [7, 11) is 0. The number of hydrogen-bond donors (Lipinski definition) is 1. The Labute approximate surface area is 120 Å². The highest BCUT2D eigenvalue weighted by molar-refractivity contribution is 5.97. The minimum Gasteiger partial charge on any atom is -0.365 e. The minimum atomic E-state index is -0.595. The molecule has 2 heterocycles. The van der Waals surface area contributed by atoms with E-state index in [2.05, 4.69) is 10.3 Å². The van der Waals surface area contributed by atoms with Crippen LogP contribution >= 0.6 is 0 Å². The highest BCUT2D eigenvalue weighted by Crippen LogP contribution is 2.35. The van der Waals surface area contributed by atoms with E-state index in [-0.39, 0.29) is 11.7 Å². The molecule has 1 atom stereocenters. The van der Waals surface area contributed by atoms with Crippen molar-refractivity contribution < 1.29 is 9.31 Å². The number of hydrogen-bond acceptors (Lipinski definition) is 5. The lowest BCUT2D eigenvalue weighted by Gasteiger charge is -2.34. The van der Waals surface area contributed by atoms with Crippen molar-refractivity contribution in [3.05, 3.63) is 40.3 Å². The summed E-state index contributed by atoms with van der Waals surface area (Å²) < 4.78 is 14.4. The number of aromatic nitrogens is 1. The summed E-state index contributed by atoms with van der Waals surface area (Å²) in [5, 5.41) is 14.7. The third-order valence-corrected chi connectivity index (χ3v) is 3.68. The smallest absolute Gasteiger partial charge is 0.281 e. The van der Waals surface area contributed by atoms with E-state index >= 15 is 0 Å². The molecule has 2 aromatic rings. The summed E-state index contributed by atoms with van der Waals surface area (Å²) in [6.45, 7) is 4.04. The molecule has 1 aromatic heterocycles. The summed E-state index contributed by atoms with van der Waals surface area (Å²) in [5.41, 5.74) is 0.449. The predicted molar refractivity (Wildman–Crippen MR) is 78.0 cm³/mol. The molecule has 1 saturated heterocycles. The number of nitro benzene ring substituents is 1. The second kappa shape index (κ2) is 5.25. The molecule has 1 aliphatic rings. The Morgan fingerprint density at radius 1 is 1.57 bits per heavy atom. The van der Waals surface area contributed by atoms with E-state index in [4.69, 9.17) is 0 Å². The third kappa shape index (κ3) is 2.40. The van der Waals surface area contributed by atoms with E-state index in [1.807, 2.05) is 11.8 Å². The van der Waals surface area contributed by atoms with Gasteiger partial charge in [-0.3, -0.25) is 15.1 Å². The first-order valence-electron chi connectivity index (χ1n) is 6.78. The normalized spacial score (nSPS) is 19.0. The van der Waals surface area contributed by atoms with Crippen LogP contribution in [0, 0.1) is 15.9 Å². The number of pyridine rings is 1. The Bertz CT molecular complexity index is 707. The summed E-state index contributed by atoms with van der Waals surface area (Å²) in [4.78, 5) is 16.6. The Morgan fingerprint density at radius 3 is 3.10 bits per heavy atom. The van der Waals surface area contributed by atoms with Crippen LogP contribution in [0.4, 0.5) is 15.8 Å². The van der Waals surface area contributed by atoms with Gasteiger partial charge in [0.2, 0.25) is 0 Å². The number of nitro groups is 1. The Kier molecular flexibility index (Phi) is 3.42. The van der Waals surface area contributed by atoms with Gasteiger partial charge in [-0.1, -0.05) is 0 Å². The van der Waals surface area contributed by atoms with Crippen molar-refractivity contribution in [2.75, 3.05) is 24.5 Å². The van der Waals surface area contributed by atoms with Crippen LogP contribution in [-0.4, -0.2) is 35.6 Å². The topological polar surface area (TPSA) is 71.3 Å². The quantitative estimate of drug-likeness (QED) is 0.677. The van der Waals surface area contributed by atoms with Gasteiger partial charge in [-0.05, 0) is 19.1 Å². The molecular formula is C14H15FN4O2. The molecule has 0 spiro atoms. The molecule has 1 aromatic carbocycles. The second-order valence-corrected chi connectivity index (χ2v) is 5.18. The number of halogens is 1. The number of non-ortho nitro benzene ring substituents is 1. The molecular weight excluding hydrogens is 275 g/mol. The van der Waals surface area contributed by atoms with Crippen molar-refractivity contribution in [2.45, 2.75) is 13.0 Å². The van der Waals surface area contributed by atoms with Gasteiger partial charge in [-0.2, -0.15) is 0 Å². The maximum atomic E-state index is 14.4. The summed E-state index contributed by atoms with van der Waals surface area (Å²) in [6.07, 6.45) is 1.53. The highest BCUT2D eigenvalue weighted by Gasteiger charge is 2.25. The lowest BCUT2D eigenvalue weighted by atomic mass is 10.1. The van der Waals surface area contributed by atoms with Gasteiger partial charge in [0.05, 0.1) is 16.4 Å². The predicted octanol–water partition coefficient (Wildman–Crippen LogP) is 2.08. The fourth-order valence-corrected chi connectivity index (χ4v) is 2.77. The molecule has 3 rings (SSSR count). The largest absolute Gasteiger partial charge is 0.365 e. The van der Waals surface area contributed by atoms with Crippen molar-refractivity contribution in [1.29, 1.82) is 0 Å². The lowest BCUT2D eigenvalue weighted by Crippen LogP contribution is -2.49.